The molecule has 0 heterocycles. The van der Waals surface area contributed by atoms with Gasteiger partial charge in [0.15, 0.2) is 5.96 Å². The lowest BCUT2D eigenvalue weighted by molar-refractivity contribution is 0.208. The van der Waals surface area contributed by atoms with Gasteiger partial charge in [-0.3, -0.25) is 4.99 Å². The number of halogens is 1. The standard InChI is InChI=1S/C11H17N3O2.HI/c1-15-8-7-13-11(12)14-9-5-3-4-6-10(9)16-2;/h3-6H,7-8H2,1-2H3,(H3,12,13,14);1H. The maximum Gasteiger partial charge on any atom is 0.193 e. The van der Waals surface area contributed by atoms with Gasteiger partial charge in [-0.15, -0.1) is 24.0 Å². The lowest BCUT2D eigenvalue weighted by atomic mass is 10.3. The molecule has 0 radical (unpaired) electrons. The van der Waals surface area contributed by atoms with Crippen molar-refractivity contribution in [2.75, 3.05) is 32.7 Å². The Kier molecular flexibility index (Phi) is 8.51. The Hall–Kier alpha value is -1.02. The molecule has 0 saturated heterocycles. The molecule has 1 rings (SSSR count). The molecule has 0 fully saturated rings. The molecule has 0 bridgehead atoms. The van der Waals surface area contributed by atoms with Crippen LogP contribution in [0.25, 0.3) is 0 Å². The zero-order valence-corrected chi connectivity index (χ0v) is 12.3. The van der Waals surface area contributed by atoms with Crippen LogP contribution in [-0.4, -0.2) is 33.3 Å². The van der Waals surface area contributed by atoms with E-state index >= 15 is 0 Å². The number of anilines is 1. The van der Waals surface area contributed by atoms with Gasteiger partial charge in [0.2, 0.25) is 0 Å². The molecule has 6 heteroatoms. The molecule has 0 aromatic heterocycles. The van der Waals surface area contributed by atoms with Gasteiger partial charge in [-0.2, -0.15) is 0 Å². The summed E-state index contributed by atoms with van der Waals surface area (Å²) in [6, 6.07) is 7.51. The first kappa shape index (κ1) is 16.0. The Bertz CT molecular complexity index is 358. The van der Waals surface area contributed by atoms with Crippen molar-refractivity contribution in [1.29, 1.82) is 0 Å². The summed E-state index contributed by atoms with van der Waals surface area (Å²) in [6.07, 6.45) is 0. The van der Waals surface area contributed by atoms with Crippen LogP contribution in [-0.2, 0) is 4.74 Å². The van der Waals surface area contributed by atoms with Crippen LogP contribution in [0, 0.1) is 0 Å². The van der Waals surface area contributed by atoms with Gasteiger partial charge in [0.1, 0.15) is 5.75 Å². The monoisotopic (exact) mass is 351 g/mol. The molecule has 0 amide bonds. The first-order valence-electron chi connectivity index (χ1n) is 4.97. The summed E-state index contributed by atoms with van der Waals surface area (Å²) in [6.45, 7) is 1.08. The maximum atomic E-state index is 5.70. The highest BCUT2D eigenvalue weighted by atomic mass is 127. The Morgan fingerprint density at radius 2 is 2.06 bits per heavy atom. The van der Waals surface area contributed by atoms with Crippen molar-refractivity contribution in [2.45, 2.75) is 0 Å². The maximum absolute atomic E-state index is 5.70. The summed E-state index contributed by atoms with van der Waals surface area (Å²) in [4.78, 5) is 4.09. The number of nitrogens with zero attached hydrogens (tertiary/aromatic N) is 1. The zero-order valence-electron chi connectivity index (χ0n) is 9.97. The molecule has 0 aliphatic heterocycles. The van der Waals surface area contributed by atoms with E-state index in [1.54, 1.807) is 14.2 Å². The quantitative estimate of drug-likeness (QED) is 0.367. The molecule has 0 saturated carbocycles. The number of hydrogen-bond donors (Lipinski definition) is 2. The molecule has 0 aliphatic rings. The van der Waals surface area contributed by atoms with Gasteiger partial charge in [0.25, 0.3) is 0 Å². The summed E-state index contributed by atoms with van der Waals surface area (Å²) >= 11 is 0. The third-order valence-corrected chi connectivity index (χ3v) is 1.95. The second-order valence-electron chi connectivity index (χ2n) is 3.09. The normalized spacial score (nSPS) is 10.6. The SMILES string of the molecule is COCCN=C(N)Nc1ccccc1OC.I. The van der Waals surface area contributed by atoms with Crippen LogP contribution in [0.2, 0.25) is 0 Å². The third-order valence-electron chi connectivity index (χ3n) is 1.95. The molecule has 1 aromatic rings. The van der Waals surface area contributed by atoms with Crippen LogP contribution < -0.4 is 15.8 Å². The second kappa shape index (κ2) is 9.06. The molecule has 17 heavy (non-hydrogen) atoms. The molecule has 0 spiro atoms. The van der Waals surface area contributed by atoms with Crippen LogP contribution in [0.1, 0.15) is 0 Å². The first-order chi connectivity index (χ1) is 7.77. The van der Waals surface area contributed by atoms with Crippen LogP contribution in [0.3, 0.4) is 0 Å². The van der Waals surface area contributed by atoms with E-state index in [1.807, 2.05) is 24.3 Å². The topological polar surface area (TPSA) is 68.9 Å². The van der Waals surface area contributed by atoms with E-state index in [4.69, 9.17) is 15.2 Å². The fourth-order valence-electron chi connectivity index (χ4n) is 1.18. The molecule has 0 atom stereocenters. The highest BCUT2D eigenvalue weighted by Gasteiger charge is 2.01. The van der Waals surface area contributed by atoms with Crippen molar-refractivity contribution < 1.29 is 9.47 Å². The summed E-state index contributed by atoms with van der Waals surface area (Å²) in [5.74, 6) is 1.08. The largest absolute Gasteiger partial charge is 0.495 e. The van der Waals surface area contributed by atoms with Crippen LogP contribution in [0.15, 0.2) is 29.3 Å². The highest BCUT2D eigenvalue weighted by Crippen LogP contribution is 2.22. The van der Waals surface area contributed by atoms with Crippen molar-refractivity contribution in [1.82, 2.24) is 0 Å². The molecule has 3 N–H and O–H groups in total. The predicted octanol–water partition coefficient (Wildman–Crippen LogP) is 1.69. The van der Waals surface area contributed by atoms with Crippen LogP contribution >= 0.6 is 24.0 Å². The average Bonchev–Trinajstić information content (AvgIpc) is 2.30. The minimum absolute atomic E-state index is 0. The highest BCUT2D eigenvalue weighted by molar-refractivity contribution is 14.0. The number of nitrogens with two attached hydrogens (primary N) is 1. The molecular weight excluding hydrogens is 333 g/mol. The Morgan fingerprint density at radius 3 is 2.71 bits per heavy atom. The zero-order chi connectivity index (χ0) is 11.8. The van der Waals surface area contributed by atoms with E-state index in [0.717, 1.165) is 11.4 Å². The summed E-state index contributed by atoms with van der Waals surface area (Å²) in [5.41, 5.74) is 6.49. The van der Waals surface area contributed by atoms with E-state index in [1.165, 1.54) is 0 Å². The fraction of sp³-hybridized carbons (Fsp3) is 0.364. The Morgan fingerprint density at radius 1 is 1.35 bits per heavy atom. The summed E-state index contributed by atoms with van der Waals surface area (Å²) in [5, 5.41) is 2.97. The Balaban J connectivity index is 0.00000256. The van der Waals surface area contributed by atoms with Crippen molar-refractivity contribution in [3.05, 3.63) is 24.3 Å². The number of benzene rings is 1. The number of methoxy groups -OCH3 is 2. The van der Waals surface area contributed by atoms with Crippen molar-refractivity contribution in [3.8, 4) is 5.75 Å². The van der Waals surface area contributed by atoms with Gasteiger partial charge in [-0.25, -0.2) is 0 Å². The molecule has 96 valence electrons. The van der Waals surface area contributed by atoms with E-state index in [0.29, 0.717) is 19.1 Å². The molecule has 0 aliphatic carbocycles. The van der Waals surface area contributed by atoms with Gasteiger partial charge in [-0.1, -0.05) is 12.1 Å². The second-order valence-corrected chi connectivity index (χ2v) is 3.09. The van der Waals surface area contributed by atoms with E-state index in [-0.39, 0.29) is 24.0 Å². The molecular formula is C11H18IN3O2. The van der Waals surface area contributed by atoms with Gasteiger partial charge in [0, 0.05) is 7.11 Å². The van der Waals surface area contributed by atoms with Gasteiger partial charge in [0.05, 0.1) is 25.9 Å². The third kappa shape index (κ3) is 5.73. The summed E-state index contributed by atoms with van der Waals surface area (Å²) < 4.78 is 10.0. The minimum atomic E-state index is 0. The van der Waals surface area contributed by atoms with Gasteiger partial charge in [-0.05, 0) is 12.1 Å². The Labute approximate surface area is 118 Å². The van der Waals surface area contributed by atoms with E-state index in [2.05, 4.69) is 10.3 Å². The minimum Gasteiger partial charge on any atom is -0.495 e. The molecule has 1 aromatic carbocycles. The number of guanidine groups is 1. The number of hydrogen-bond acceptors (Lipinski definition) is 3. The van der Waals surface area contributed by atoms with Gasteiger partial charge < -0.3 is 20.5 Å². The number of nitrogens with one attached hydrogen (secondary N) is 1. The average molecular weight is 351 g/mol. The van der Waals surface area contributed by atoms with E-state index in [9.17, 15) is 0 Å². The summed E-state index contributed by atoms with van der Waals surface area (Å²) in [7, 11) is 3.23. The van der Waals surface area contributed by atoms with Crippen LogP contribution in [0.5, 0.6) is 5.75 Å². The molecule has 0 unspecified atom stereocenters. The predicted molar refractivity (Wildman–Crippen MR) is 80.4 cm³/mol. The number of rotatable bonds is 5. The number of ether oxygens (including phenoxy) is 2. The van der Waals surface area contributed by atoms with Crippen molar-refractivity contribution in [3.63, 3.8) is 0 Å². The number of aliphatic imine (C=N–C) groups is 1. The lowest BCUT2D eigenvalue weighted by Crippen LogP contribution is -2.23. The fourth-order valence-corrected chi connectivity index (χ4v) is 1.18. The van der Waals surface area contributed by atoms with E-state index < -0.39 is 0 Å². The first-order valence-corrected chi connectivity index (χ1v) is 4.97. The van der Waals surface area contributed by atoms with Crippen LogP contribution in [0.4, 0.5) is 5.69 Å². The van der Waals surface area contributed by atoms with Gasteiger partial charge >= 0.3 is 0 Å². The lowest BCUT2D eigenvalue weighted by Gasteiger charge is -2.09. The van der Waals surface area contributed by atoms with Crippen molar-refractivity contribution in [2.24, 2.45) is 10.7 Å². The number of para-hydroxylation sites is 2. The van der Waals surface area contributed by atoms with Crippen molar-refractivity contribution >= 4 is 35.6 Å². The molecule has 5 nitrogen and oxygen atoms in total. The smallest absolute Gasteiger partial charge is 0.193 e.